The number of carbonyl (C=O) groups is 1. The fourth-order valence-electron chi connectivity index (χ4n) is 7.40. The Morgan fingerprint density at radius 3 is 1.33 bits per heavy atom. The molecule has 0 unspecified atom stereocenters. The maximum Gasteiger partial charge on any atom is 0.402 e. The third kappa shape index (κ3) is 6.80. The van der Waals surface area contributed by atoms with Gasteiger partial charge in [-0.25, -0.2) is 0 Å². The van der Waals surface area contributed by atoms with Gasteiger partial charge < -0.3 is 14.0 Å². The number of hydrogen-bond acceptors (Lipinski definition) is 6. The quantitative estimate of drug-likeness (QED) is 0.143. The third-order valence-corrected chi connectivity index (χ3v) is 11.0. The Kier molecular flexibility index (Phi) is 9.99. The molecular weight excluding hydrogens is 655 g/mol. The number of fused-ring (bicyclic) bond motifs is 1. The van der Waals surface area contributed by atoms with Crippen LogP contribution in [-0.4, -0.2) is 24.0 Å². The van der Waals surface area contributed by atoms with Crippen molar-refractivity contribution in [2.45, 2.75) is 76.2 Å². The summed E-state index contributed by atoms with van der Waals surface area (Å²) in [6.45, 7) is 10.1. The van der Waals surface area contributed by atoms with Crippen molar-refractivity contribution in [1.29, 1.82) is 0 Å². The lowest BCUT2D eigenvalue weighted by Crippen LogP contribution is -2.53. The number of rotatable bonds is 9. The van der Waals surface area contributed by atoms with Gasteiger partial charge in [0.25, 0.3) is 0 Å². The molecule has 2 heterocycles. The molecular formula is C44H45O6P. The highest BCUT2D eigenvalue weighted by Gasteiger charge is 2.67. The Morgan fingerprint density at radius 2 is 0.980 bits per heavy atom. The van der Waals surface area contributed by atoms with Crippen molar-refractivity contribution in [1.82, 2.24) is 0 Å². The van der Waals surface area contributed by atoms with E-state index >= 15 is 0 Å². The lowest BCUT2D eigenvalue weighted by Gasteiger charge is -2.41. The van der Waals surface area contributed by atoms with Crippen molar-refractivity contribution >= 4 is 14.6 Å². The van der Waals surface area contributed by atoms with Gasteiger partial charge in [-0.05, 0) is 66.5 Å². The minimum Gasteiger partial charge on any atom is -0.394 e. The minimum absolute atomic E-state index is 0.447. The average molecular weight is 701 g/mol. The first kappa shape index (κ1) is 35.3. The van der Waals surface area contributed by atoms with Crippen LogP contribution in [0.5, 0.6) is 0 Å². The lowest BCUT2D eigenvalue weighted by atomic mass is 9.72. The molecule has 0 spiro atoms. The monoisotopic (exact) mass is 700 g/mol. The molecule has 3 atom stereocenters. The SMILES string of the molecule is CC(C)Cc1ccc([C@H](C)C(=O)OP2OC(c3ccccc3)(c3ccccc3)[C@@H]3OC(C)(C)O[C@H]3C(c3ccccc3)(c3ccccc3)O2)cc1. The Morgan fingerprint density at radius 1 is 0.608 bits per heavy atom. The van der Waals surface area contributed by atoms with Crippen molar-refractivity contribution in [2.75, 3.05) is 0 Å². The number of benzene rings is 5. The van der Waals surface area contributed by atoms with Crippen molar-refractivity contribution in [3.05, 3.63) is 179 Å². The van der Waals surface area contributed by atoms with Crippen LogP contribution in [0.3, 0.4) is 0 Å². The van der Waals surface area contributed by atoms with Gasteiger partial charge in [-0.2, -0.15) is 0 Å². The third-order valence-electron chi connectivity index (χ3n) is 9.79. The van der Waals surface area contributed by atoms with E-state index in [1.165, 1.54) is 5.56 Å². The van der Waals surface area contributed by atoms with E-state index < -0.39 is 49.7 Å². The van der Waals surface area contributed by atoms with Crippen LogP contribution in [0.2, 0.25) is 0 Å². The average Bonchev–Trinajstić information content (AvgIpc) is 3.44. The molecule has 0 amide bonds. The summed E-state index contributed by atoms with van der Waals surface area (Å²) in [5.41, 5.74) is 2.78. The highest BCUT2D eigenvalue weighted by atomic mass is 31.2. The van der Waals surface area contributed by atoms with E-state index in [9.17, 15) is 4.79 Å². The van der Waals surface area contributed by atoms with E-state index in [0.717, 1.165) is 34.2 Å². The van der Waals surface area contributed by atoms with Crippen LogP contribution in [-0.2, 0) is 45.5 Å². The second-order valence-corrected chi connectivity index (χ2v) is 15.3. The zero-order chi connectivity index (χ0) is 35.6. The Balaban J connectivity index is 1.42. The molecule has 51 heavy (non-hydrogen) atoms. The largest absolute Gasteiger partial charge is 0.402 e. The van der Waals surface area contributed by atoms with E-state index in [2.05, 4.69) is 26.0 Å². The van der Waals surface area contributed by atoms with Gasteiger partial charge in [0.1, 0.15) is 12.2 Å². The van der Waals surface area contributed by atoms with Gasteiger partial charge in [0.15, 0.2) is 17.0 Å². The van der Waals surface area contributed by atoms with Crippen LogP contribution in [0.25, 0.3) is 0 Å². The van der Waals surface area contributed by atoms with Gasteiger partial charge >= 0.3 is 14.6 Å². The maximum atomic E-state index is 14.3. The van der Waals surface area contributed by atoms with E-state index in [4.69, 9.17) is 23.0 Å². The molecule has 0 radical (unpaired) electrons. The van der Waals surface area contributed by atoms with Crippen molar-refractivity contribution in [3.8, 4) is 0 Å². The molecule has 0 bridgehead atoms. The molecule has 2 saturated heterocycles. The van der Waals surface area contributed by atoms with Crippen LogP contribution in [0.15, 0.2) is 146 Å². The van der Waals surface area contributed by atoms with Gasteiger partial charge in [0.05, 0.1) is 5.92 Å². The van der Waals surface area contributed by atoms with Crippen LogP contribution in [0.4, 0.5) is 0 Å². The molecule has 7 heteroatoms. The summed E-state index contributed by atoms with van der Waals surface area (Å²) < 4.78 is 35.1. The topological polar surface area (TPSA) is 63.2 Å². The molecule has 0 aromatic heterocycles. The van der Waals surface area contributed by atoms with E-state index in [1.807, 2.05) is 154 Å². The zero-order valence-corrected chi connectivity index (χ0v) is 30.7. The maximum absolute atomic E-state index is 14.3. The predicted molar refractivity (Wildman–Crippen MR) is 200 cm³/mol. The van der Waals surface area contributed by atoms with Crippen LogP contribution in [0.1, 0.15) is 73.9 Å². The highest BCUT2D eigenvalue weighted by Crippen LogP contribution is 2.65. The summed E-state index contributed by atoms with van der Waals surface area (Å²) in [6, 6.07) is 48.1. The highest BCUT2D eigenvalue weighted by molar-refractivity contribution is 7.42. The number of ether oxygens (including phenoxy) is 2. The van der Waals surface area contributed by atoms with Crippen LogP contribution in [0, 0.1) is 5.92 Å². The summed E-state index contributed by atoms with van der Waals surface area (Å²) in [7, 11) is -2.41. The van der Waals surface area contributed by atoms with E-state index in [1.54, 1.807) is 0 Å². The number of carbonyl (C=O) groups excluding carboxylic acids is 1. The van der Waals surface area contributed by atoms with Gasteiger partial charge in [0.2, 0.25) is 0 Å². The van der Waals surface area contributed by atoms with E-state index in [0.29, 0.717) is 5.92 Å². The summed E-state index contributed by atoms with van der Waals surface area (Å²) >= 11 is 0. The second-order valence-electron chi connectivity index (χ2n) is 14.3. The summed E-state index contributed by atoms with van der Waals surface area (Å²) in [5.74, 6) is -1.50. The van der Waals surface area contributed by atoms with Gasteiger partial charge in [-0.15, -0.1) is 0 Å². The smallest absolute Gasteiger partial charge is 0.394 e. The lowest BCUT2D eigenvalue weighted by molar-refractivity contribution is -0.177. The van der Waals surface area contributed by atoms with Crippen molar-refractivity contribution in [2.24, 2.45) is 5.92 Å². The van der Waals surface area contributed by atoms with Gasteiger partial charge in [-0.1, -0.05) is 159 Å². The Labute approximate surface area is 302 Å². The standard InChI is InChI=1S/C44H45O6P/c1-31(2)30-33-26-28-34(29-27-33)32(3)41(45)48-51-49-43(35-18-10-6-11-19-35,36-20-12-7-13-21-36)39-40(47-42(4,5)46-39)44(50-51,37-22-14-8-15-23-37)38-24-16-9-17-25-38/h6-29,31-32,39-40H,30H2,1-5H3/t32-,39+,40+/m0/s1. The van der Waals surface area contributed by atoms with Crippen LogP contribution >= 0.6 is 8.60 Å². The Bertz CT molecular complexity index is 1720. The fraction of sp³-hybridized carbons (Fsp3) is 0.295. The molecule has 6 nitrogen and oxygen atoms in total. The van der Waals surface area contributed by atoms with Gasteiger partial charge in [0, 0.05) is 0 Å². The Hall–Kier alpha value is -4.16. The summed E-state index contributed by atoms with van der Waals surface area (Å²) in [4.78, 5) is 14.3. The molecule has 0 saturated carbocycles. The fourth-order valence-corrected chi connectivity index (χ4v) is 8.91. The molecule has 262 valence electrons. The number of hydrogen-bond donors (Lipinski definition) is 0. The van der Waals surface area contributed by atoms with Crippen molar-refractivity contribution < 1.29 is 27.8 Å². The summed E-state index contributed by atoms with van der Waals surface area (Å²) in [5, 5.41) is 0. The normalized spacial score (nSPS) is 21.4. The molecule has 2 fully saturated rings. The molecule has 2 aliphatic heterocycles. The molecule has 5 aromatic rings. The molecule has 5 aromatic carbocycles. The summed E-state index contributed by atoms with van der Waals surface area (Å²) in [6.07, 6.45) is -0.540. The van der Waals surface area contributed by atoms with E-state index in [-0.39, 0.29) is 0 Å². The first-order valence-electron chi connectivity index (χ1n) is 17.7. The first-order chi connectivity index (χ1) is 24.6. The molecule has 0 aliphatic carbocycles. The van der Waals surface area contributed by atoms with Crippen LogP contribution < -0.4 is 0 Å². The molecule has 0 N–H and O–H groups in total. The first-order valence-corrected chi connectivity index (χ1v) is 18.8. The second kappa shape index (κ2) is 14.5. The zero-order valence-electron chi connectivity index (χ0n) is 29.8. The minimum atomic E-state index is -2.41. The molecule has 7 rings (SSSR count). The van der Waals surface area contributed by atoms with Crippen molar-refractivity contribution in [3.63, 3.8) is 0 Å². The van der Waals surface area contributed by atoms with Gasteiger partial charge in [-0.3, -0.25) is 13.8 Å². The predicted octanol–water partition coefficient (Wildman–Crippen LogP) is 10.2. The molecule has 2 aliphatic rings.